The molecule has 0 bridgehead atoms. The predicted molar refractivity (Wildman–Crippen MR) is 64.9 cm³/mol. The van der Waals surface area contributed by atoms with Crippen molar-refractivity contribution in [3.8, 4) is 0 Å². The molecule has 0 unspecified atom stereocenters. The first-order chi connectivity index (χ1) is 6.77. The number of nitrogens with zero attached hydrogens (tertiary/aromatic N) is 1. The molecule has 74 valence electrons. The van der Waals surface area contributed by atoms with Gasteiger partial charge >= 0.3 is 0 Å². The number of allylic oxidation sites excluding steroid dienone is 1. The number of halogens is 1. The van der Waals surface area contributed by atoms with E-state index in [0.717, 1.165) is 22.8 Å². The van der Waals surface area contributed by atoms with Crippen molar-refractivity contribution < 1.29 is 0 Å². The molecule has 1 aromatic rings. The molecule has 1 heterocycles. The van der Waals surface area contributed by atoms with Gasteiger partial charge in [-0.2, -0.15) is 0 Å². The molecule has 1 aromatic heterocycles. The fraction of sp³-hybridized carbons (Fsp3) is 0.182. The Morgan fingerprint density at radius 2 is 2.29 bits per heavy atom. The summed E-state index contributed by atoms with van der Waals surface area (Å²) in [7, 11) is 0. The van der Waals surface area contributed by atoms with Crippen molar-refractivity contribution in [2.24, 2.45) is 0 Å². The summed E-state index contributed by atoms with van der Waals surface area (Å²) in [6.45, 7) is 7.39. The van der Waals surface area contributed by atoms with E-state index in [0.29, 0.717) is 5.02 Å². The van der Waals surface area contributed by atoms with E-state index in [1.54, 1.807) is 24.0 Å². The van der Waals surface area contributed by atoms with E-state index in [1.807, 2.05) is 12.1 Å². The van der Waals surface area contributed by atoms with Gasteiger partial charge in [0.1, 0.15) is 0 Å². The summed E-state index contributed by atoms with van der Waals surface area (Å²) in [4.78, 5) is 5.26. The smallest absolute Gasteiger partial charge is 0.0760 e. The van der Waals surface area contributed by atoms with Crippen molar-refractivity contribution in [3.63, 3.8) is 0 Å². The first-order valence-electron chi connectivity index (χ1n) is 4.29. The third-order valence-corrected chi connectivity index (χ3v) is 2.91. The van der Waals surface area contributed by atoms with Crippen LogP contribution in [-0.4, -0.2) is 10.7 Å². The van der Waals surface area contributed by atoms with Gasteiger partial charge in [0.2, 0.25) is 0 Å². The molecule has 0 amide bonds. The Labute approximate surface area is 93.9 Å². The third kappa shape index (κ3) is 3.20. The summed E-state index contributed by atoms with van der Waals surface area (Å²) in [6.07, 6.45) is 6.26. The molecule has 0 radical (unpaired) electrons. The Balaban J connectivity index is 2.76. The Kier molecular flexibility index (Phi) is 4.77. The number of rotatable bonds is 5. The van der Waals surface area contributed by atoms with E-state index in [9.17, 15) is 0 Å². The quantitative estimate of drug-likeness (QED) is 0.426. The molecule has 0 fully saturated rings. The highest BCUT2D eigenvalue weighted by Crippen LogP contribution is 2.25. The fourth-order valence-corrected chi connectivity index (χ4v) is 2.17. The Bertz CT molecular complexity index is 336. The number of pyridine rings is 1. The molecule has 1 rings (SSSR count). The van der Waals surface area contributed by atoms with Crippen LogP contribution in [0.15, 0.2) is 36.4 Å². The minimum Gasteiger partial charge on any atom is -0.254 e. The lowest BCUT2D eigenvalue weighted by molar-refractivity contribution is 1.19. The van der Waals surface area contributed by atoms with Crippen molar-refractivity contribution in [3.05, 3.63) is 42.2 Å². The third-order valence-electron chi connectivity index (χ3n) is 1.62. The zero-order valence-corrected chi connectivity index (χ0v) is 9.44. The Morgan fingerprint density at radius 1 is 1.50 bits per heavy atom. The lowest BCUT2D eigenvalue weighted by Gasteiger charge is -2.04. The maximum Gasteiger partial charge on any atom is 0.0760 e. The summed E-state index contributed by atoms with van der Waals surface area (Å²) in [5, 5.41) is 0.664. The second kappa shape index (κ2) is 5.89. The molecular weight excluding hydrogens is 214 g/mol. The second-order valence-corrected chi connectivity index (χ2v) is 4.24. The zero-order valence-electron chi connectivity index (χ0n) is 7.87. The van der Waals surface area contributed by atoms with Crippen LogP contribution in [0.2, 0.25) is 5.02 Å². The normalized spacial score (nSPS) is 9.79. The molecule has 0 aromatic carbocycles. The van der Waals surface area contributed by atoms with Gasteiger partial charge in [0, 0.05) is 16.8 Å². The van der Waals surface area contributed by atoms with Gasteiger partial charge in [-0.25, -0.2) is 0 Å². The molecule has 1 nitrogen and oxygen atoms in total. The lowest BCUT2D eigenvalue weighted by Crippen LogP contribution is -1.86. The van der Waals surface area contributed by atoms with Gasteiger partial charge in [0.05, 0.1) is 10.7 Å². The van der Waals surface area contributed by atoms with Crippen LogP contribution in [0.1, 0.15) is 12.1 Å². The maximum absolute atomic E-state index is 5.86. The first-order valence-corrected chi connectivity index (χ1v) is 5.66. The average Bonchev–Trinajstić information content (AvgIpc) is 2.19. The van der Waals surface area contributed by atoms with Crippen molar-refractivity contribution in [2.75, 3.05) is 5.75 Å². The van der Waals surface area contributed by atoms with Gasteiger partial charge in [-0.15, -0.1) is 18.3 Å². The fourth-order valence-electron chi connectivity index (χ4n) is 0.952. The van der Waals surface area contributed by atoms with Crippen LogP contribution < -0.4 is 0 Å². The van der Waals surface area contributed by atoms with Crippen molar-refractivity contribution in [2.45, 2.75) is 11.3 Å². The highest BCUT2D eigenvalue weighted by Gasteiger charge is 2.01. The van der Waals surface area contributed by atoms with E-state index in [2.05, 4.69) is 18.1 Å². The molecule has 0 N–H and O–H groups in total. The molecular formula is C11H12ClNS. The standard InChI is InChI=1S/C11H12ClNS/c1-3-5-6-14-11-7-9(12)8-13-10(11)4-2/h3-4,7-8H,1-2,5-6H2. The minimum absolute atomic E-state index is 0.664. The van der Waals surface area contributed by atoms with Crippen LogP contribution >= 0.6 is 23.4 Å². The van der Waals surface area contributed by atoms with Crippen LogP contribution in [0.3, 0.4) is 0 Å². The summed E-state index contributed by atoms with van der Waals surface area (Å²) in [5.74, 6) is 0.992. The largest absolute Gasteiger partial charge is 0.254 e. The molecule has 0 spiro atoms. The van der Waals surface area contributed by atoms with Crippen LogP contribution in [0.4, 0.5) is 0 Å². The number of thioether (sulfide) groups is 1. The van der Waals surface area contributed by atoms with Gasteiger partial charge in [-0.3, -0.25) is 4.98 Å². The minimum atomic E-state index is 0.664. The van der Waals surface area contributed by atoms with E-state index in [1.165, 1.54) is 0 Å². The van der Waals surface area contributed by atoms with Crippen molar-refractivity contribution in [1.82, 2.24) is 4.98 Å². The predicted octanol–water partition coefficient (Wildman–Crippen LogP) is 4.05. The summed E-state index contributed by atoms with van der Waals surface area (Å²) in [5.41, 5.74) is 0.892. The molecule has 14 heavy (non-hydrogen) atoms. The van der Waals surface area contributed by atoms with E-state index < -0.39 is 0 Å². The number of hydrogen-bond donors (Lipinski definition) is 0. The second-order valence-electron chi connectivity index (χ2n) is 2.67. The molecule has 0 aliphatic carbocycles. The van der Waals surface area contributed by atoms with Crippen LogP contribution in [0, 0.1) is 0 Å². The number of aromatic nitrogens is 1. The maximum atomic E-state index is 5.86. The van der Waals surface area contributed by atoms with Gasteiger partial charge < -0.3 is 0 Å². The summed E-state index contributed by atoms with van der Waals surface area (Å²) < 4.78 is 0. The van der Waals surface area contributed by atoms with Gasteiger partial charge in [-0.1, -0.05) is 24.3 Å². The monoisotopic (exact) mass is 225 g/mol. The van der Waals surface area contributed by atoms with Gasteiger partial charge in [0.15, 0.2) is 0 Å². The summed E-state index contributed by atoms with van der Waals surface area (Å²) >= 11 is 7.58. The average molecular weight is 226 g/mol. The van der Waals surface area contributed by atoms with Crippen molar-refractivity contribution in [1.29, 1.82) is 0 Å². The van der Waals surface area contributed by atoms with E-state index >= 15 is 0 Å². The topological polar surface area (TPSA) is 12.9 Å². The molecule has 0 aliphatic rings. The van der Waals surface area contributed by atoms with Crippen LogP contribution in [0.5, 0.6) is 0 Å². The highest BCUT2D eigenvalue weighted by molar-refractivity contribution is 7.99. The zero-order chi connectivity index (χ0) is 10.4. The number of hydrogen-bond acceptors (Lipinski definition) is 2. The first kappa shape index (κ1) is 11.3. The SMILES string of the molecule is C=CCCSc1cc(Cl)cnc1C=C. The van der Waals surface area contributed by atoms with E-state index in [4.69, 9.17) is 11.6 Å². The Hall–Kier alpha value is -0.730. The molecule has 0 aliphatic heterocycles. The van der Waals surface area contributed by atoms with Crippen LogP contribution in [-0.2, 0) is 0 Å². The molecule has 0 saturated heterocycles. The van der Waals surface area contributed by atoms with Crippen molar-refractivity contribution >= 4 is 29.4 Å². The molecule has 3 heteroatoms. The molecule has 0 atom stereocenters. The lowest BCUT2D eigenvalue weighted by atomic mass is 10.3. The summed E-state index contributed by atoms with van der Waals surface area (Å²) in [6, 6.07) is 1.92. The van der Waals surface area contributed by atoms with Gasteiger partial charge in [0.25, 0.3) is 0 Å². The van der Waals surface area contributed by atoms with E-state index in [-0.39, 0.29) is 0 Å². The Morgan fingerprint density at radius 3 is 2.93 bits per heavy atom. The highest BCUT2D eigenvalue weighted by atomic mass is 35.5. The van der Waals surface area contributed by atoms with Gasteiger partial charge in [-0.05, 0) is 18.6 Å². The molecule has 0 saturated carbocycles. The van der Waals surface area contributed by atoms with Crippen LogP contribution in [0.25, 0.3) is 6.08 Å².